The van der Waals surface area contributed by atoms with E-state index in [2.05, 4.69) is 5.32 Å². The van der Waals surface area contributed by atoms with Gasteiger partial charge in [0.25, 0.3) is 0 Å². The van der Waals surface area contributed by atoms with Crippen LogP contribution >= 0.6 is 0 Å². The van der Waals surface area contributed by atoms with Gasteiger partial charge in [0, 0.05) is 13.1 Å². The van der Waals surface area contributed by atoms with E-state index in [0.717, 1.165) is 25.0 Å². The number of halogens is 3. The topological polar surface area (TPSA) is 61.9 Å². The molecule has 0 aromatic heterocycles. The number of ether oxygens (including phenoxy) is 1. The summed E-state index contributed by atoms with van der Waals surface area (Å²) in [5.74, 6) is -0.428. The van der Waals surface area contributed by atoms with Gasteiger partial charge in [-0.15, -0.1) is 0 Å². The number of nitrogens with one attached hydrogen (secondary N) is 1. The minimum absolute atomic E-state index is 0.136. The van der Waals surface area contributed by atoms with Crippen LogP contribution in [0.4, 0.5) is 29.3 Å². The van der Waals surface area contributed by atoms with Crippen molar-refractivity contribution in [1.29, 1.82) is 0 Å². The molecule has 0 unspecified atom stereocenters. The molecule has 1 aromatic rings. The second kappa shape index (κ2) is 7.05. The van der Waals surface area contributed by atoms with Crippen molar-refractivity contribution in [2.75, 3.05) is 36.5 Å². The number of nitrogens with zero attached hydrogens (tertiary/aromatic N) is 2. The van der Waals surface area contributed by atoms with E-state index in [1.54, 1.807) is 4.90 Å². The number of carbonyl (C=O) groups is 2. The van der Waals surface area contributed by atoms with Gasteiger partial charge >= 0.3 is 12.3 Å². The molecule has 0 aliphatic carbocycles. The molecule has 2 aliphatic heterocycles. The molecule has 1 N–H and O–H groups in total. The van der Waals surface area contributed by atoms with Crippen LogP contribution in [0.1, 0.15) is 25.3 Å². The monoisotopic (exact) mass is 371 g/mol. The molecule has 6 nitrogen and oxygen atoms in total. The molecule has 142 valence electrons. The van der Waals surface area contributed by atoms with Gasteiger partial charge in [0.05, 0.1) is 30.1 Å². The van der Waals surface area contributed by atoms with E-state index in [1.165, 1.54) is 11.0 Å². The summed E-state index contributed by atoms with van der Waals surface area (Å²) in [6.45, 7) is 3.14. The zero-order chi connectivity index (χ0) is 18.9. The number of hydrogen-bond donors (Lipinski definition) is 1. The highest BCUT2D eigenvalue weighted by Gasteiger charge is 2.40. The van der Waals surface area contributed by atoms with Crippen LogP contribution in [-0.2, 0) is 15.7 Å². The van der Waals surface area contributed by atoms with Gasteiger partial charge in [0.2, 0.25) is 5.91 Å². The number of fused-ring (bicyclic) bond motifs is 3. The molecule has 1 atom stereocenters. The Labute approximate surface area is 148 Å². The van der Waals surface area contributed by atoms with Crippen LogP contribution in [0.5, 0.6) is 0 Å². The van der Waals surface area contributed by atoms with Crippen molar-refractivity contribution in [2.45, 2.75) is 32.0 Å². The molecule has 1 saturated heterocycles. The van der Waals surface area contributed by atoms with Gasteiger partial charge < -0.3 is 19.9 Å². The van der Waals surface area contributed by atoms with E-state index in [4.69, 9.17) is 4.74 Å². The first kappa shape index (κ1) is 18.3. The van der Waals surface area contributed by atoms with Crippen molar-refractivity contribution < 1.29 is 27.5 Å². The summed E-state index contributed by atoms with van der Waals surface area (Å²) in [7, 11) is 0. The molecule has 0 saturated carbocycles. The number of hydrogen-bond acceptors (Lipinski definition) is 4. The Morgan fingerprint density at radius 3 is 2.81 bits per heavy atom. The molecule has 0 radical (unpaired) electrons. The quantitative estimate of drug-likeness (QED) is 0.830. The van der Waals surface area contributed by atoms with Gasteiger partial charge in [0.1, 0.15) is 6.04 Å². The Bertz CT molecular complexity index is 708. The maximum Gasteiger partial charge on any atom is 0.416 e. The van der Waals surface area contributed by atoms with Gasteiger partial charge in [-0.3, -0.25) is 4.79 Å². The van der Waals surface area contributed by atoms with Crippen LogP contribution in [-0.4, -0.2) is 49.2 Å². The number of amides is 2. The Morgan fingerprint density at radius 1 is 1.35 bits per heavy atom. The van der Waals surface area contributed by atoms with Crippen molar-refractivity contribution in [1.82, 2.24) is 4.90 Å². The highest BCUT2D eigenvalue weighted by molar-refractivity contribution is 6.04. The minimum atomic E-state index is -4.47. The number of anilines is 2. The lowest BCUT2D eigenvalue weighted by Gasteiger charge is -2.44. The highest BCUT2D eigenvalue weighted by atomic mass is 19.4. The molecule has 9 heteroatoms. The standard InChI is InChI=1S/C17H20F3N3O3/c1-2-3-8-26-16(25)22-6-7-23-13-5-4-11(17(18,19)20)9-12(13)21-15(24)14(23)10-22/h4-5,9,14H,2-3,6-8,10H2,1H3,(H,21,24)/t14-/m0/s1. The van der Waals surface area contributed by atoms with Gasteiger partial charge in [-0.05, 0) is 24.6 Å². The number of carbonyl (C=O) groups excluding carboxylic acids is 2. The second-order valence-electron chi connectivity index (χ2n) is 6.34. The Morgan fingerprint density at radius 2 is 2.12 bits per heavy atom. The van der Waals surface area contributed by atoms with Crippen LogP contribution < -0.4 is 10.2 Å². The molecule has 2 amide bonds. The van der Waals surface area contributed by atoms with E-state index in [-0.39, 0.29) is 12.2 Å². The lowest BCUT2D eigenvalue weighted by Crippen LogP contribution is -2.61. The van der Waals surface area contributed by atoms with Crippen molar-refractivity contribution in [3.05, 3.63) is 23.8 Å². The van der Waals surface area contributed by atoms with Crippen LogP contribution in [0.25, 0.3) is 0 Å². The average molecular weight is 371 g/mol. The van der Waals surface area contributed by atoms with Crippen molar-refractivity contribution in [3.8, 4) is 0 Å². The number of piperazine rings is 1. The maximum absolute atomic E-state index is 12.9. The molecule has 3 rings (SSSR count). The van der Waals surface area contributed by atoms with Crippen LogP contribution in [0.3, 0.4) is 0 Å². The third-order valence-electron chi connectivity index (χ3n) is 4.56. The number of benzene rings is 1. The largest absolute Gasteiger partial charge is 0.449 e. The Kier molecular flexibility index (Phi) is 4.97. The number of alkyl halides is 3. The predicted octanol–water partition coefficient (Wildman–Crippen LogP) is 3.08. The Balaban J connectivity index is 1.75. The first-order valence-corrected chi connectivity index (χ1v) is 8.51. The summed E-state index contributed by atoms with van der Waals surface area (Å²) in [6.07, 6.45) is -3.27. The first-order valence-electron chi connectivity index (χ1n) is 8.51. The second-order valence-corrected chi connectivity index (χ2v) is 6.34. The lowest BCUT2D eigenvalue weighted by atomic mass is 10.0. The summed E-state index contributed by atoms with van der Waals surface area (Å²) < 4.78 is 43.8. The fraction of sp³-hybridized carbons (Fsp3) is 0.529. The smallest absolute Gasteiger partial charge is 0.416 e. The zero-order valence-electron chi connectivity index (χ0n) is 14.3. The van der Waals surface area contributed by atoms with E-state index in [1.807, 2.05) is 6.92 Å². The first-order chi connectivity index (χ1) is 12.3. The van der Waals surface area contributed by atoms with Crippen molar-refractivity contribution in [2.24, 2.45) is 0 Å². The summed E-state index contributed by atoms with van der Waals surface area (Å²) in [5, 5.41) is 2.52. The molecular weight excluding hydrogens is 351 g/mol. The maximum atomic E-state index is 12.9. The third-order valence-corrected chi connectivity index (χ3v) is 4.56. The minimum Gasteiger partial charge on any atom is -0.449 e. The predicted molar refractivity (Wildman–Crippen MR) is 89.0 cm³/mol. The molecule has 1 aromatic carbocycles. The molecule has 0 bridgehead atoms. The van der Waals surface area contributed by atoms with E-state index < -0.39 is 29.8 Å². The van der Waals surface area contributed by atoms with Crippen molar-refractivity contribution in [3.63, 3.8) is 0 Å². The third kappa shape index (κ3) is 3.56. The van der Waals surface area contributed by atoms with E-state index >= 15 is 0 Å². The van der Waals surface area contributed by atoms with Gasteiger partial charge in [0.15, 0.2) is 0 Å². The number of rotatable bonds is 3. The van der Waals surface area contributed by atoms with Gasteiger partial charge in [-0.1, -0.05) is 13.3 Å². The Hall–Kier alpha value is -2.45. The average Bonchev–Trinajstić information content (AvgIpc) is 2.60. The zero-order valence-corrected chi connectivity index (χ0v) is 14.3. The summed E-state index contributed by atoms with van der Waals surface area (Å²) >= 11 is 0. The lowest BCUT2D eigenvalue weighted by molar-refractivity contribution is -0.137. The molecule has 1 fully saturated rings. The van der Waals surface area contributed by atoms with Crippen LogP contribution in [0.2, 0.25) is 0 Å². The molecular formula is C17H20F3N3O3. The summed E-state index contributed by atoms with van der Waals surface area (Å²) in [5.41, 5.74) is -0.144. The SMILES string of the molecule is CCCCOC(=O)N1CCN2c3ccc(C(F)(F)F)cc3NC(=O)[C@@H]2C1. The van der Waals surface area contributed by atoms with Crippen molar-refractivity contribution >= 4 is 23.4 Å². The summed E-state index contributed by atoms with van der Waals surface area (Å²) in [6, 6.07) is 2.65. The normalized spacial score (nSPS) is 19.5. The van der Waals surface area contributed by atoms with E-state index in [0.29, 0.717) is 25.4 Å². The molecule has 2 aliphatic rings. The fourth-order valence-electron chi connectivity index (χ4n) is 3.14. The van der Waals surface area contributed by atoms with Crippen LogP contribution in [0, 0.1) is 0 Å². The summed E-state index contributed by atoms with van der Waals surface area (Å²) in [4.78, 5) is 27.7. The van der Waals surface area contributed by atoms with E-state index in [9.17, 15) is 22.8 Å². The number of unbranched alkanes of at least 4 members (excludes halogenated alkanes) is 1. The molecule has 0 spiro atoms. The molecule has 26 heavy (non-hydrogen) atoms. The fourth-order valence-corrected chi connectivity index (χ4v) is 3.14. The van der Waals surface area contributed by atoms with Gasteiger partial charge in [-0.2, -0.15) is 13.2 Å². The van der Waals surface area contributed by atoms with Crippen LogP contribution in [0.15, 0.2) is 18.2 Å². The van der Waals surface area contributed by atoms with Gasteiger partial charge in [-0.25, -0.2) is 4.79 Å². The molecule has 2 heterocycles. The highest BCUT2D eigenvalue weighted by Crippen LogP contribution is 2.38.